The number of aryl methyl sites for hydroxylation is 2. The average molecular weight is 273 g/mol. The number of ether oxygens (including phenoxy) is 1. The van der Waals surface area contributed by atoms with Crippen LogP contribution in [0.3, 0.4) is 0 Å². The SMILES string of the molecule is CCn1nc(C)cc1COC(=O)Cc1ccccc1N. The Hall–Kier alpha value is -2.30. The largest absolute Gasteiger partial charge is 0.459 e. The van der Waals surface area contributed by atoms with Crippen molar-refractivity contribution < 1.29 is 9.53 Å². The van der Waals surface area contributed by atoms with E-state index in [-0.39, 0.29) is 19.0 Å². The van der Waals surface area contributed by atoms with Gasteiger partial charge in [0.1, 0.15) is 6.61 Å². The third-order valence-corrected chi connectivity index (χ3v) is 3.06. The number of anilines is 1. The van der Waals surface area contributed by atoms with Gasteiger partial charge in [-0.3, -0.25) is 9.48 Å². The summed E-state index contributed by atoms with van der Waals surface area (Å²) in [6.07, 6.45) is 0.186. The summed E-state index contributed by atoms with van der Waals surface area (Å²) >= 11 is 0. The number of benzene rings is 1. The second kappa shape index (κ2) is 6.23. The van der Waals surface area contributed by atoms with E-state index in [1.165, 1.54) is 0 Å². The second-order valence-electron chi connectivity index (χ2n) is 4.63. The molecule has 1 aromatic heterocycles. The van der Waals surface area contributed by atoms with Crippen LogP contribution in [0.25, 0.3) is 0 Å². The minimum atomic E-state index is -0.288. The number of nitrogen functional groups attached to an aromatic ring is 1. The minimum absolute atomic E-state index is 0.186. The van der Waals surface area contributed by atoms with E-state index < -0.39 is 0 Å². The molecule has 0 bridgehead atoms. The first-order chi connectivity index (χ1) is 9.60. The van der Waals surface area contributed by atoms with Crippen LogP contribution < -0.4 is 5.73 Å². The van der Waals surface area contributed by atoms with Crippen molar-refractivity contribution >= 4 is 11.7 Å². The highest BCUT2D eigenvalue weighted by Gasteiger charge is 2.10. The first-order valence-electron chi connectivity index (χ1n) is 6.62. The Morgan fingerprint density at radius 1 is 1.40 bits per heavy atom. The lowest BCUT2D eigenvalue weighted by atomic mass is 10.1. The summed E-state index contributed by atoms with van der Waals surface area (Å²) < 4.78 is 7.12. The molecule has 1 aromatic carbocycles. The zero-order valence-corrected chi connectivity index (χ0v) is 11.8. The molecule has 106 valence electrons. The van der Waals surface area contributed by atoms with Crippen LogP contribution in [0.1, 0.15) is 23.9 Å². The van der Waals surface area contributed by atoms with E-state index in [1.54, 1.807) is 6.07 Å². The first kappa shape index (κ1) is 14.1. The molecule has 2 rings (SSSR count). The molecule has 0 atom stereocenters. The average Bonchev–Trinajstić information content (AvgIpc) is 2.79. The van der Waals surface area contributed by atoms with E-state index in [2.05, 4.69) is 5.10 Å². The van der Waals surface area contributed by atoms with Crippen LogP contribution in [0.5, 0.6) is 0 Å². The van der Waals surface area contributed by atoms with E-state index >= 15 is 0 Å². The molecule has 0 amide bonds. The van der Waals surface area contributed by atoms with Crippen LogP contribution in [-0.4, -0.2) is 15.7 Å². The number of carbonyl (C=O) groups excluding carboxylic acids is 1. The van der Waals surface area contributed by atoms with Gasteiger partial charge in [-0.05, 0) is 31.5 Å². The normalized spacial score (nSPS) is 10.5. The van der Waals surface area contributed by atoms with Gasteiger partial charge in [0.05, 0.1) is 17.8 Å². The zero-order valence-electron chi connectivity index (χ0n) is 11.8. The van der Waals surface area contributed by atoms with Crippen molar-refractivity contribution in [1.82, 2.24) is 9.78 Å². The first-order valence-corrected chi connectivity index (χ1v) is 6.62. The second-order valence-corrected chi connectivity index (χ2v) is 4.63. The maximum absolute atomic E-state index is 11.8. The molecule has 2 N–H and O–H groups in total. The van der Waals surface area contributed by atoms with Gasteiger partial charge in [0.2, 0.25) is 0 Å². The molecular formula is C15H19N3O2. The number of nitrogens with two attached hydrogens (primary N) is 1. The number of aromatic nitrogens is 2. The maximum Gasteiger partial charge on any atom is 0.310 e. The molecule has 0 aliphatic carbocycles. The summed E-state index contributed by atoms with van der Waals surface area (Å²) in [4.78, 5) is 11.8. The Morgan fingerprint density at radius 3 is 2.85 bits per heavy atom. The number of hydrogen-bond acceptors (Lipinski definition) is 4. The summed E-state index contributed by atoms with van der Waals surface area (Å²) in [7, 11) is 0. The molecular weight excluding hydrogens is 254 g/mol. The Balaban J connectivity index is 1.94. The number of nitrogens with zero attached hydrogens (tertiary/aromatic N) is 2. The molecule has 0 aliphatic heterocycles. The third kappa shape index (κ3) is 3.38. The smallest absolute Gasteiger partial charge is 0.310 e. The maximum atomic E-state index is 11.8. The standard InChI is InChI=1S/C15H19N3O2/c1-3-18-13(8-11(2)17-18)10-20-15(19)9-12-6-4-5-7-14(12)16/h4-8H,3,9-10,16H2,1-2H3. The van der Waals surface area contributed by atoms with Gasteiger partial charge in [0.15, 0.2) is 0 Å². The fourth-order valence-corrected chi connectivity index (χ4v) is 2.05. The van der Waals surface area contributed by atoms with Gasteiger partial charge in [0.25, 0.3) is 0 Å². The Kier molecular flexibility index (Phi) is 4.40. The van der Waals surface area contributed by atoms with E-state index in [1.807, 2.05) is 42.8 Å². The van der Waals surface area contributed by atoms with Gasteiger partial charge in [0, 0.05) is 12.2 Å². The number of para-hydroxylation sites is 1. The summed E-state index contributed by atoms with van der Waals surface area (Å²) in [6.45, 7) is 4.91. The molecule has 0 radical (unpaired) electrons. The summed E-state index contributed by atoms with van der Waals surface area (Å²) in [5.41, 5.74) is 9.03. The lowest BCUT2D eigenvalue weighted by molar-refractivity contribution is -0.144. The van der Waals surface area contributed by atoms with Crippen molar-refractivity contribution in [2.75, 3.05) is 5.73 Å². The molecule has 0 unspecified atom stereocenters. The van der Waals surface area contributed by atoms with Gasteiger partial charge < -0.3 is 10.5 Å². The monoisotopic (exact) mass is 273 g/mol. The van der Waals surface area contributed by atoms with E-state index in [4.69, 9.17) is 10.5 Å². The van der Waals surface area contributed by atoms with E-state index in [0.717, 1.165) is 23.5 Å². The summed E-state index contributed by atoms with van der Waals surface area (Å²) in [5, 5.41) is 4.31. The van der Waals surface area contributed by atoms with Crippen molar-refractivity contribution in [3.63, 3.8) is 0 Å². The predicted octanol–water partition coefficient (Wildman–Crippen LogP) is 2.08. The highest BCUT2D eigenvalue weighted by molar-refractivity contribution is 5.74. The van der Waals surface area contributed by atoms with Crippen LogP contribution in [0.4, 0.5) is 5.69 Å². The molecule has 0 spiro atoms. The summed E-state index contributed by atoms with van der Waals surface area (Å²) in [6, 6.07) is 9.23. The van der Waals surface area contributed by atoms with Gasteiger partial charge in [-0.15, -0.1) is 0 Å². The molecule has 2 aromatic rings. The minimum Gasteiger partial charge on any atom is -0.459 e. The molecule has 5 heteroatoms. The molecule has 0 aliphatic rings. The Bertz CT molecular complexity index is 605. The van der Waals surface area contributed by atoms with Crippen LogP contribution in [0, 0.1) is 6.92 Å². The molecule has 0 saturated carbocycles. The fraction of sp³-hybridized carbons (Fsp3) is 0.333. The van der Waals surface area contributed by atoms with Gasteiger partial charge in [-0.2, -0.15) is 5.10 Å². The molecule has 0 saturated heterocycles. The number of rotatable bonds is 5. The van der Waals surface area contributed by atoms with Crippen LogP contribution >= 0.6 is 0 Å². The quantitative estimate of drug-likeness (QED) is 0.669. The van der Waals surface area contributed by atoms with Crippen molar-refractivity contribution in [1.29, 1.82) is 0 Å². The molecule has 1 heterocycles. The van der Waals surface area contributed by atoms with Gasteiger partial charge in [-0.25, -0.2) is 0 Å². The molecule has 5 nitrogen and oxygen atoms in total. The predicted molar refractivity (Wildman–Crippen MR) is 77.0 cm³/mol. The Labute approximate surface area is 118 Å². The number of carbonyl (C=O) groups is 1. The van der Waals surface area contributed by atoms with Crippen molar-refractivity contribution in [3.05, 3.63) is 47.3 Å². The van der Waals surface area contributed by atoms with Crippen molar-refractivity contribution in [2.24, 2.45) is 0 Å². The number of esters is 1. The van der Waals surface area contributed by atoms with Crippen LogP contribution in [-0.2, 0) is 29.1 Å². The fourth-order valence-electron chi connectivity index (χ4n) is 2.05. The summed E-state index contributed by atoms with van der Waals surface area (Å²) in [5.74, 6) is -0.288. The Morgan fingerprint density at radius 2 is 2.15 bits per heavy atom. The lowest BCUT2D eigenvalue weighted by Crippen LogP contribution is -2.12. The highest BCUT2D eigenvalue weighted by Crippen LogP contribution is 2.12. The van der Waals surface area contributed by atoms with Crippen LogP contribution in [0.2, 0.25) is 0 Å². The van der Waals surface area contributed by atoms with E-state index in [0.29, 0.717) is 5.69 Å². The van der Waals surface area contributed by atoms with Crippen molar-refractivity contribution in [2.45, 2.75) is 33.4 Å². The third-order valence-electron chi connectivity index (χ3n) is 3.06. The molecule has 0 fully saturated rings. The van der Waals surface area contributed by atoms with Gasteiger partial charge in [-0.1, -0.05) is 18.2 Å². The van der Waals surface area contributed by atoms with Gasteiger partial charge >= 0.3 is 5.97 Å². The number of hydrogen-bond donors (Lipinski definition) is 1. The lowest BCUT2D eigenvalue weighted by Gasteiger charge is -2.07. The molecule has 20 heavy (non-hydrogen) atoms. The zero-order chi connectivity index (χ0) is 14.5. The van der Waals surface area contributed by atoms with E-state index in [9.17, 15) is 4.79 Å². The van der Waals surface area contributed by atoms with Crippen LogP contribution in [0.15, 0.2) is 30.3 Å². The topological polar surface area (TPSA) is 70.1 Å². The highest BCUT2D eigenvalue weighted by atomic mass is 16.5. The van der Waals surface area contributed by atoms with Crippen molar-refractivity contribution in [3.8, 4) is 0 Å².